The summed E-state index contributed by atoms with van der Waals surface area (Å²) in [5, 5.41) is 12.2. The molecule has 0 radical (unpaired) electrons. The van der Waals surface area contributed by atoms with E-state index in [1.54, 1.807) is 6.07 Å². The molecule has 0 saturated heterocycles. The third kappa shape index (κ3) is 3.19. The van der Waals surface area contributed by atoms with Gasteiger partial charge < -0.3 is 9.90 Å². The maximum atomic E-state index is 13.3. The SMILES string of the molecule is CC1(C)c2cc(CC(=O)[O-])c3cc(C(F)(F)F)ccc3c2-c2cc(Br)cc(Br)c21. The van der Waals surface area contributed by atoms with Gasteiger partial charge in [-0.1, -0.05) is 57.8 Å². The van der Waals surface area contributed by atoms with E-state index in [-0.39, 0.29) is 5.39 Å². The van der Waals surface area contributed by atoms with Gasteiger partial charge in [0.05, 0.1) is 5.56 Å². The van der Waals surface area contributed by atoms with Gasteiger partial charge in [0.25, 0.3) is 0 Å². The molecule has 0 heterocycles. The number of fused-ring (bicyclic) bond motifs is 5. The van der Waals surface area contributed by atoms with Crippen LogP contribution in [0.2, 0.25) is 0 Å². The summed E-state index contributed by atoms with van der Waals surface area (Å²) in [6.07, 6.45) is -4.97. The highest BCUT2D eigenvalue weighted by Gasteiger charge is 2.39. The molecule has 1 aliphatic rings. The zero-order valence-electron chi connectivity index (χ0n) is 15.4. The van der Waals surface area contributed by atoms with Gasteiger partial charge in [-0.3, -0.25) is 0 Å². The van der Waals surface area contributed by atoms with Gasteiger partial charge >= 0.3 is 6.18 Å². The van der Waals surface area contributed by atoms with Gasteiger partial charge in [-0.05, 0) is 62.9 Å². The third-order valence-corrected chi connectivity index (χ3v) is 6.59. The highest BCUT2D eigenvalue weighted by Crippen LogP contribution is 2.55. The van der Waals surface area contributed by atoms with Crippen molar-refractivity contribution in [3.8, 4) is 11.1 Å². The topological polar surface area (TPSA) is 40.1 Å². The molecule has 3 aromatic rings. The largest absolute Gasteiger partial charge is 0.550 e. The Morgan fingerprint density at radius 3 is 2.38 bits per heavy atom. The van der Waals surface area contributed by atoms with Crippen LogP contribution in [0.15, 0.2) is 45.3 Å². The van der Waals surface area contributed by atoms with E-state index in [0.29, 0.717) is 10.9 Å². The Balaban J connectivity index is 2.15. The predicted molar refractivity (Wildman–Crippen MR) is 111 cm³/mol. The number of carbonyl (C=O) groups excluding carboxylic acids is 1. The Morgan fingerprint density at radius 2 is 1.76 bits per heavy atom. The van der Waals surface area contributed by atoms with Crippen LogP contribution in [0.3, 0.4) is 0 Å². The fourth-order valence-electron chi connectivity index (χ4n) is 4.30. The van der Waals surface area contributed by atoms with Gasteiger partial charge in [0.15, 0.2) is 0 Å². The molecule has 0 aliphatic heterocycles. The van der Waals surface area contributed by atoms with Crippen LogP contribution in [0, 0.1) is 0 Å². The van der Waals surface area contributed by atoms with E-state index >= 15 is 0 Å². The van der Waals surface area contributed by atoms with Crippen molar-refractivity contribution in [2.75, 3.05) is 0 Å². The maximum Gasteiger partial charge on any atom is 0.416 e. The van der Waals surface area contributed by atoms with Crippen LogP contribution >= 0.6 is 31.9 Å². The Morgan fingerprint density at radius 1 is 1.07 bits per heavy atom. The van der Waals surface area contributed by atoms with E-state index in [9.17, 15) is 23.1 Å². The van der Waals surface area contributed by atoms with Crippen molar-refractivity contribution in [1.82, 2.24) is 0 Å². The molecule has 2 nitrogen and oxygen atoms in total. The molecule has 29 heavy (non-hydrogen) atoms. The van der Waals surface area contributed by atoms with Gasteiger partial charge in [-0.25, -0.2) is 0 Å². The fourth-order valence-corrected chi connectivity index (χ4v) is 6.02. The Kier molecular flexibility index (Phi) is 4.63. The second-order valence-corrected chi connectivity index (χ2v) is 9.47. The summed E-state index contributed by atoms with van der Waals surface area (Å²) in [4.78, 5) is 11.3. The molecule has 0 N–H and O–H groups in total. The minimum Gasteiger partial charge on any atom is -0.550 e. The van der Waals surface area contributed by atoms with Crippen molar-refractivity contribution < 1.29 is 23.1 Å². The first-order chi connectivity index (χ1) is 13.4. The molecule has 4 rings (SSSR count). The summed E-state index contributed by atoms with van der Waals surface area (Å²) in [6, 6.07) is 9.11. The molecule has 0 bridgehead atoms. The minimum atomic E-state index is -4.52. The van der Waals surface area contributed by atoms with Crippen molar-refractivity contribution in [1.29, 1.82) is 0 Å². The maximum absolute atomic E-state index is 13.3. The predicted octanol–water partition coefficient (Wildman–Crippen LogP) is 5.98. The van der Waals surface area contributed by atoms with E-state index in [1.807, 2.05) is 26.0 Å². The number of aliphatic carboxylic acids is 1. The molecule has 0 fully saturated rings. The number of halogens is 5. The molecule has 3 aromatic carbocycles. The summed E-state index contributed by atoms with van der Waals surface area (Å²) in [7, 11) is 0. The summed E-state index contributed by atoms with van der Waals surface area (Å²) < 4.78 is 41.7. The molecule has 0 amide bonds. The zero-order chi connectivity index (χ0) is 21.3. The number of hydrogen-bond acceptors (Lipinski definition) is 2. The number of carboxylic acid groups (broad SMARTS) is 1. The molecule has 150 valence electrons. The molecule has 7 heteroatoms. The summed E-state index contributed by atoms with van der Waals surface area (Å²) in [5.74, 6) is -1.33. The lowest BCUT2D eigenvalue weighted by molar-refractivity contribution is -0.304. The van der Waals surface area contributed by atoms with Crippen molar-refractivity contribution in [3.05, 3.63) is 67.6 Å². The second-order valence-electron chi connectivity index (χ2n) is 7.70. The average molecular weight is 527 g/mol. The van der Waals surface area contributed by atoms with Crippen LogP contribution in [0.5, 0.6) is 0 Å². The molecular weight excluding hydrogens is 513 g/mol. The van der Waals surface area contributed by atoms with Crippen molar-refractivity contribution in [2.45, 2.75) is 31.9 Å². The van der Waals surface area contributed by atoms with Crippen molar-refractivity contribution >= 4 is 48.6 Å². The molecule has 0 spiro atoms. The Hall–Kier alpha value is -1.86. The van der Waals surface area contributed by atoms with E-state index in [2.05, 4.69) is 31.9 Å². The average Bonchev–Trinajstić information content (AvgIpc) is 2.80. The van der Waals surface area contributed by atoms with E-state index in [4.69, 9.17) is 0 Å². The number of benzene rings is 3. The summed E-state index contributed by atoms with van der Waals surface area (Å²) >= 11 is 7.10. The molecule has 0 aromatic heterocycles. The third-order valence-electron chi connectivity index (χ3n) is 5.51. The number of carbonyl (C=O) groups is 1. The van der Waals surface area contributed by atoms with Crippen LogP contribution in [-0.2, 0) is 22.8 Å². The minimum absolute atomic E-state index is 0.280. The van der Waals surface area contributed by atoms with Gasteiger partial charge in [0, 0.05) is 26.8 Å². The van der Waals surface area contributed by atoms with E-state index in [1.165, 1.54) is 6.07 Å². The number of alkyl halides is 3. The Bertz CT molecular complexity index is 1200. The quantitative estimate of drug-likeness (QED) is 0.412. The normalized spacial score (nSPS) is 14.7. The lowest BCUT2D eigenvalue weighted by atomic mass is 9.80. The van der Waals surface area contributed by atoms with Crippen LogP contribution in [0.1, 0.15) is 36.1 Å². The monoisotopic (exact) mass is 525 g/mol. The van der Waals surface area contributed by atoms with Crippen molar-refractivity contribution in [2.24, 2.45) is 0 Å². The second kappa shape index (κ2) is 6.57. The van der Waals surface area contributed by atoms with Gasteiger partial charge in [0.2, 0.25) is 0 Å². The summed E-state index contributed by atoms with van der Waals surface area (Å²) in [5.41, 5.74) is 2.70. The summed E-state index contributed by atoms with van der Waals surface area (Å²) in [6.45, 7) is 4.05. The molecule has 0 atom stereocenters. The van der Waals surface area contributed by atoms with Gasteiger partial charge in [0.1, 0.15) is 0 Å². The van der Waals surface area contributed by atoms with E-state index < -0.39 is 29.5 Å². The van der Waals surface area contributed by atoms with E-state index in [0.717, 1.165) is 43.3 Å². The highest BCUT2D eigenvalue weighted by molar-refractivity contribution is 9.11. The lowest BCUT2D eigenvalue weighted by Crippen LogP contribution is -2.25. The van der Waals surface area contributed by atoms with Crippen LogP contribution in [-0.4, -0.2) is 5.97 Å². The Labute approximate surface area is 182 Å². The standard InChI is InChI=1S/C22H15Br2F3O2/c1-21(2)16-5-10(6-18(28)29)14-7-11(22(25,26)27)3-4-13(14)19(16)15-8-12(23)9-17(24)20(15)21/h3-5,7-9H,6H2,1-2H3,(H,28,29)/p-1. The number of rotatable bonds is 2. The highest BCUT2D eigenvalue weighted by atomic mass is 79.9. The molecule has 0 saturated carbocycles. The number of hydrogen-bond donors (Lipinski definition) is 0. The number of carboxylic acids is 1. The molecule has 0 unspecified atom stereocenters. The van der Waals surface area contributed by atoms with Crippen LogP contribution in [0.25, 0.3) is 21.9 Å². The van der Waals surface area contributed by atoms with Gasteiger partial charge in [-0.2, -0.15) is 13.2 Å². The first kappa shape index (κ1) is 20.4. The zero-order valence-corrected chi connectivity index (χ0v) is 18.5. The first-order valence-electron chi connectivity index (χ1n) is 8.78. The van der Waals surface area contributed by atoms with Crippen molar-refractivity contribution in [3.63, 3.8) is 0 Å². The molecular formula is C22H14Br2F3O2-. The van der Waals surface area contributed by atoms with Crippen LogP contribution < -0.4 is 5.11 Å². The van der Waals surface area contributed by atoms with Crippen LogP contribution in [0.4, 0.5) is 13.2 Å². The first-order valence-corrected chi connectivity index (χ1v) is 10.4. The smallest absolute Gasteiger partial charge is 0.416 e. The fraction of sp³-hybridized carbons (Fsp3) is 0.227. The van der Waals surface area contributed by atoms with Gasteiger partial charge in [-0.15, -0.1) is 0 Å². The lowest BCUT2D eigenvalue weighted by Gasteiger charge is -2.24. The molecule has 1 aliphatic carbocycles.